The van der Waals surface area contributed by atoms with Crippen molar-refractivity contribution < 1.29 is 13.5 Å². The molecule has 0 spiro atoms. The molecular weight excluding hydrogens is 168 g/mol. The van der Waals surface area contributed by atoms with Crippen molar-refractivity contribution in [1.29, 1.82) is 0 Å². The summed E-state index contributed by atoms with van der Waals surface area (Å²) >= 11 is 0. The Kier molecular flexibility index (Phi) is 3.95. The minimum absolute atomic E-state index is 0.329. The first-order valence-electron chi connectivity index (χ1n) is 3.29. The summed E-state index contributed by atoms with van der Waals surface area (Å²) in [6, 6.07) is -0.329. The molecule has 0 radical (unpaired) electrons. The first kappa shape index (κ1) is 10.8. The lowest BCUT2D eigenvalue weighted by molar-refractivity contribution is 0.175. The number of nitrogens with two attached hydrogens (primary N) is 1. The van der Waals surface area contributed by atoms with Crippen LogP contribution in [0.3, 0.4) is 0 Å². The molecule has 0 aliphatic heterocycles. The van der Waals surface area contributed by atoms with Crippen molar-refractivity contribution in [2.45, 2.75) is 32.4 Å². The van der Waals surface area contributed by atoms with E-state index in [1.165, 1.54) is 0 Å². The van der Waals surface area contributed by atoms with Crippen molar-refractivity contribution in [3.63, 3.8) is 0 Å². The third-order valence-electron chi connectivity index (χ3n) is 1.06. The van der Waals surface area contributed by atoms with Crippen LogP contribution in [0, 0.1) is 0 Å². The van der Waals surface area contributed by atoms with Gasteiger partial charge >= 0.3 is 0 Å². The second-order valence-corrected chi connectivity index (χ2v) is 3.97. The lowest BCUT2D eigenvalue weighted by Gasteiger charge is -2.12. The molecule has 0 heterocycles. The molecule has 2 atom stereocenters. The van der Waals surface area contributed by atoms with Crippen LogP contribution in [-0.4, -0.2) is 25.7 Å². The number of hydrogen-bond donors (Lipinski definition) is 3. The Balaban J connectivity index is 3.80. The molecule has 0 fully saturated rings. The summed E-state index contributed by atoms with van der Waals surface area (Å²) in [7, 11) is -3.63. The molecule has 0 aromatic carbocycles. The molecule has 0 saturated carbocycles. The normalized spacial score (nSPS) is 17.8. The van der Waals surface area contributed by atoms with E-state index in [1.54, 1.807) is 13.8 Å². The van der Waals surface area contributed by atoms with E-state index in [2.05, 4.69) is 4.72 Å². The van der Waals surface area contributed by atoms with Gasteiger partial charge in [-0.25, -0.2) is 5.14 Å². The quantitative estimate of drug-likeness (QED) is 0.517. The van der Waals surface area contributed by atoms with Crippen molar-refractivity contribution in [2.24, 2.45) is 5.14 Å². The van der Waals surface area contributed by atoms with Crippen LogP contribution in [-0.2, 0) is 10.2 Å². The van der Waals surface area contributed by atoms with Crippen LogP contribution in [0.4, 0.5) is 0 Å². The van der Waals surface area contributed by atoms with Crippen molar-refractivity contribution in [1.82, 2.24) is 4.72 Å². The van der Waals surface area contributed by atoms with Gasteiger partial charge in [-0.2, -0.15) is 13.1 Å². The molecule has 0 bridgehead atoms. The first-order valence-corrected chi connectivity index (χ1v) is 4.84. The van der Waals surface area contributed by atoms with Gasteiger partial charge in [0.15, 0.2) is 0 Å². The van der Waals surface area contributed by atoms with Gasteiger partial charge in [0.25, 0.3) is 10.2 Å². The summed E-state index contributed by atoms with van der Waals surface area (Å²) in [6.07, 6.45) is -0.171. The van der Waals surface area contributed by atoms with Crippen molar-refractivity contribution >= 4 is 10.2 Å². The van der Waals surface area contributed by atoms with E-state index in [0.717, 1.165) is 0 Å². The van der Waals surface area contributed by atoms with E-state index < -0.39 is 16.3 Å². The number of hydrogen-bond acceptors (Lipinski definition) is 3. The second-order valence-electron chi connectivity index (χ2n) is 2.65. The van der Waals surface area contributed by atoms with Gasteiger partial charge in [0.05, 0.1) is 6.10 Å². The Hall–Kier alpha value is -0.170. The average Bonchev–Trinajstić information content (AvgIpc) is 1.53. The van der Waals surface area contributed by atoms with Crippen molar-refractivity contribution in [2.75, 3.05) is 0 Å². The summed E-state index contributed by atoms with van der Waals surface area (Å²) in [6.45, 7) is 3.22. The third kappa shape index (κ3) is 7.73. The molecule has 0 aliphatic rings. The van der Waals surface area contributed by atoms with Gasteiger partial charge in [0.2, 0.25) is 0 Å². The molecule has 0 aromatic heterocycles. The molecule has 68 valence electrons. The van der Waals surface area contributed by atoms with E-state index in [1.807, 2.05) is 0 Å². The maximum absolute atomic E-state index is 10.4. The highest BCUT2D eigenvalue weighted by Crippen LogP contribution is 1.96. The molecule has 0 saturated heterocycles. The molecule has 0 amide bonds. The smallest absolute Gasteiger partial charge is 0.274 e. The van der Waals surface area contributed by atoms with E-state index in [4.69, 9.17) is 10.2 Å². The maximum Gasteiger partial charge on any atom is 0.274 e. The van der Waals surface area contributed by atoms with Crippen LogP contribution >= 0.6 is 0 Å². The zero-order chi connectivity index (χ0) is 9.07. The maximum atomic E-state index is 10.4. The van der Waals surface area contributed by atoms with Crippen LogP contribution < -0.4 is 9.86 Å². The molecule has 5 nitrogen and oxygen atoms in total. The molecule has 4 N–H and O–H groups in total. The summed E-state index contributed by atoms with van der Waals surface area (Å²) in [4.78, 5) is 0. The zero-order valence-electron chi connectivity index (χ0n) is 6.61. The Labute approximate surface area is 66.8 Å². The average molecular weight is 182 g/mol. The second kappa shape index (κ2) is 4.01. The van der Waals surface area contributed by atoms with Gasteiger partial charge < -0.3 is 5.11 Å². The predicted octanol–water partition coefficient (Wildman–Crippen LogP) is -1.06. The van der Waals surface area contributed by atoms with Crippen molar-refractivity contribution in [3.05, 3.63) is 0 Å². The van der Waals surface area contributed by atoms with Gasteiger partial charge in [-0.05, 0) is 20.3 Å². The Morgan fingerprint density at radius 2 is 2.00 bits per heavy atom. The van der Waals surface area contributed by atoms with Gasteiger partial charge in [-0.3, -0.25) is 0 Å². The van der Waals surface area contributed by atoms with Crippen molar-refractivity contribution in [3.8, 4) is 0 Å². The molecule has 6 heteroatoms. The molecule has 0 aromatic rings. The highest BCUT2D eigenvalue weighted by Gasteiger charge is 2.10. The minimum Gasteiger partial charge on any atom is -0.393 e. The number of aliphatic hydroxyl groups excluding tert-OH is 1. The van der Waals surface area contributed by atoms with Crippen LogP contribution in [0.2, 0.25) is 0 Å². The Morgan fingerprint density at radius 1 is 1.55 bits per heavy atom. The highest BCUT2D eigenvalue weighted by molar-refractivity contribution is 7.87. The lowest BCUT2D eigenvalue weighted by atomic mass is 10.2. The summed E-state index contributed by atoms with van der Waals surface area (Å²) in [5, 5.41) is 13.5. The predicted molar refractivity (Wildman–Crippen MR) is 42.0 cm³/mol. The van der Waals surface area contributed by atoms with Gasteiger partial charge in [-0.1, -0.05) is 0 Å². The SMILES string of the molecule is CC(O)CC(C)NS(N)(=O)=O. The van der Waals surface area contributed by atoms with E-state index in [9.17, 15) is 8.42 Å². The van der Waals surface area contributed by atoms with Crippen LogP contribution in [0.25, 0.3) is 0 Å². The fourth-order valence-electron chi connectivity index (χ4n) is 0.840. The largest absolute Gasteiger partial charge is 0.393 e. The fourth-order valence-corrected chi connectivity index (χ4v) is 1.50. The Bertz CT molecular complexity index is 200. The summed E-state index contributed by atoms with van der Waals surface area (Å²) in [5.74, 6) is 0. The molecular formula is C5H14N2O3S. The van der Waals surface area contributed by atoms with Gasteiger partial charge in [-0.15, -0.1) is 0 Å². The van der Waals surface area contributed by atoms with E-state index >= 15 is 0 Å². The number of rotatable bonds is 4. The molecule has 0 aliphatic carbocycles. The standard InChI is InChI=1S/C5H14N2O3S/c1-4(3-5(2)8)7-11(6,9)10/h4-5,7-8H,3H2,1-2H3,(H2,6,9,10). The number of aliphatic hydroxyl groups is 1. The fraction of sp³-hybridized carbons (Fsp3) is 1.00. The van der Waals surface area contributed by atoms with Crippen LogP contribution in [0.15, 0.2) is 0 Å². The van der Waals surface area contributed by atoms with Crippen LogP contribution in [0.5, 0.6) is 0 Å². The Morgan fingerprint density at radius 3 is 2.27 bits per heavy atom. The van der Waals surface area contributed by atoms with Gasteiger partial charge in [0, 0.05) is 6.04 Å². The highest BCUT2D eigenvalue weighted by atomic mass is 32.2. The minimum atomic E-state index is -3.63. The summed E-state index contributed by atoms with van der Waals surface area (Å²) in [5.41, 5.74) is 0. The lowest BCUT2D eigenvalue weighted by Crippen LogP contribution is -2.39. The van der Waals surface area contributed by atoms with Gasteiger partial charge in [0.1, 0.15) is 0 Å². The molecule has 11 heavy (non-hydrogen) atoms. The van der Waals surface area contributed by atoms with E-state index in [0.29, 0.717) is 6.42 Å². The topological polar surface area (TPSA) is 92.4 Å². The molecule has 2 unspecified atom stereocenters. The van der Waals surface area contributed by atoms with Crippen LogP contribution in [0.1, 0.15) is 20.3 Å². The monoisotopic (exact) mass is 182 g/mol. The summed E-state index contributed by atoms with van der Waals surface area (Å²) < 4.78 is 23.0. The first-order chi connectivity index (χ1) is 4.81. The molecule has 0 rings (SSSR count). The van der Waals surface area contributed by atoms with E-state index in [-0.39, 0.29) is 6.04 Å². The third-order valence-corrected chi connectivity index (χ3v) is 1.79. The zero-order valence-corrected chi connectivity index (χ0v) is 7.43. The number of nitrogens with one attached hydrogen (secondary N) is 1.